The first kappa shape index (κ1) is 14.7. The van der Waals surface area contributed by atoms with Crippen LogP contribution < -0.4 is 10.5 Å². The van der Waals surface area contributed by atoms with E-state index in [1.165, 1.54) is 0 Å². The second-order valence-electron chi connectivity index (χ2n) is 4.18. The number of nitrogen functional groups attached to an aromatic ring is 1. The fraction of sp³-hybridized carbons (Fsp3) is 0.385. The molecule has 0 aliphatic carbocycles. The van der Waals surface area contributed by atoms with Crippen LogP contribution >= 0.6 is 0 Å². The number of aryl methyl sites for hydroxylation is 1. The molecule has 0 saturated carbocycles. The van der Waals surface area contributed by atoms with E-state index in [-0.39, 0.29) is 10.6 Å². The van der Waals surface area contributed by atoms with Gasteiger partial charge >= 0.3 is 0 Å². The first-order chi connectivity index (χ1) is 8.40. The number of sulfonamides is 1. The predicted octanol–water partition coefficient (Wildman–Crippen LogP) is 2.13. The fourth-order valence-corrected chi connectivity index (χ4v) is 3.16. The molecule has 0 atom stereocenters. The second kappa shape index (κ2) is 6.02. The maximum atomic E-state index is 12.2. The van der Waals surface area contributed by atoms with Crippen molar-refractivity contribution < 1.29 is 8.42 Å². The number of anilines is 1. The average molecular weight is 268 g/mol. The zero-order valence-corrected chi connectivity index (χ0v) is 11.8. The van der Waals surface area contributed by atoms with E-state index in [9.17, 15) is 8.42 Å². The third-order valence-electron chi connectivity index (χ3n) is 2.81. The van der Waals surface area contributed by atoms with Crippen LogP contribution in [0.3, 0.4) is 0 Å². The van der Waals surface area contributed by atoms with E-state index in [0.717, 1.165) is 5.56 Å². The van der Waals surface area contributed by atoms with E-state index in [1.54, 1.807) is 13.0 Å². The minimum Gasteiger partial charge on any atom is -0.398 e. The van der Waals surface area contributed by atoms with Gasteiger partial charge in [-0.05, 0) is 44.4 Å². The molecule has 0 aliphatic rings. The van der Waals surface area contributed by atoms with Crippen molar-refractivity contribution >= 4 is 15.7 Å². The molecule has 1 rings (SSSR count). The smallest absolute Gasteiger partial charge is 0.242 e. The number of benzene rings is 1. The first-order valence-corrected chi connectivity index (χ1v) is 7.35. The summed E-state index contributed by atoms with van der Waals surface area (Å²) in [6, 6.07) is 3.45. The number of nitrogens with one attached hydrogen (secondary N) is 1. The molecule has 100 valence electrons. The molecule has 0 aromatic heterocycles. The Morgan fingerprint density at radius 3 is 2.61 bits per heavy atom. The van der Waals surface area contributed by atoms with Gasteiger partial charge in [0.2, 0.25) is 10.0 Å². The van der Waals surface area contributed by atoms with Gasteiger partial charge in [0.1, 0.15) is 4.90 Å². The molecule has 0 amide bonds. The van der Waals surface area contributed by atoms with E-state index >= 15 is 0 Å². The summed E-state index contributed by atoms with van der Waals surface area (Å²) < 4.78 is 26.9. The lowest BCUT2D eigenvalue weighted by Crippen LogP contribution is -2.26. The lowest BCUT2D eigenvalue weighted by atomic mass is 10.1. The van der Waals surface area contributed by atoms with Gasteiger partial charge in [0.25, 0.3) is 0 Å². The van der Waals surface area contributed by atoms with Crippen LogP contribution in [0.1, 0.15) is 24.5 Å². The summed E-state index contributed by atoms with van der Waals surface area (Å²) in [5, 5.41) is 0. The van der Waals surface area contributed by atoms with E-state index in [2.05, 4.69) is 4.72 Å². The molecule has 3 N–H and O–H groups in total. The quantitative estimate of drug-likeness (QED) is 0.488. The number of hydrogen-bond donors (Lipinski definition) is 2. The van der Waals surface area contributed by atoms with E-state index in [0.29, 0.717) is 18.5 Å². The minimum absolute atomic E-state index is 0.197. The number of rotatable bonds is 5. The molecular formula is C13H20N2O2S. The standard InChI is InChI=1S/C13H20N2O2S/c1-4-5-6-9-15-18(16,17)13-11(3)10(2)7-8-12(13)14/h4-5,7-8,15H,6,9,14H2,1-3H3/b5-4+. The van der Waals surface area contributed by atoms with Crippen molar-refractivity contribution in [2.45, 2.75) is 32.1 Å². The van der Waals surface area contributed by atoms with Gasteiger partial charge in [-0.1, -0.05) is 18.2 Å². The Bertz CT molecular complexity index is 548. The van der Waals surface area contributed by atoms with Crippen LogP contribution in [0.15, 0.2) is 29.2 Å². The van der Waals surface area contributed by atoms with Crippen molar-refractivity contribution in [3.63, 3.8) is 0 Å². The Morgan fingerprint density at radius 1 is 1.33 bits per heavy atom. The maximum Gasteiger partial charge on any atom is 0.242 e. The maximum absolute atomic E-state index is 12.2. The molecule has 0 radical (unpaired) electrons. The molecular weight excluding hydrogens is 248 g/mol. The SMILES string of the molecule is C/C=C/CCNS(=O)(=O)c1c(N)ccc(C)c1C. The van der Waals surface area contributed by atoms with Crippen molar-refractivity contribution in [1.29, 1.82) is 0 Å². The van der Waals surface area contributed by atoms with Gasteiger partial charge in [0, 0.05) is 6.54 Å². The number of nitrogens with two attached hydrogens (primary N) is 1. The van der Waals surface area contributed by atoms with Gasteiger partial charge in [-0.25, -0.2) is 13.1 Å². The molecule has 0 fully saturated rings. The number of hydrogen-bond acceptors (Lipinski definition) is 3. The normalized spacial score (nSPS) is 12.2. The van der Waals surface area contributed by atoms with Crippen molar-refractivity contribution in [3.8, 4) is 0 Å². The Kier molecular flexibility index (Phi) is 4.93. The molecule has 1 aromatic rings. The van der Waals surface area contributed by atoms with E-state index in [1.807, 2.05) is 32.1 Å². The van der Waals surface area contributed by atoms with E-state index in [4.69, 9.17) is 5.73 Å². The molecule has 0 unspecified atom stereocenters. The Balaban J connectivity index is 3.02. The molecule has 1 aromatic carbocycles. The van der Waals surface area contributed by atoms with Crippen molar-refractivity contribution in [1.82, 2.24) is 4.72 Å². The Labute approximate surface area is 109 Å². The molecule has 0 aliphatic heterocycles. The third kappa shape index (κ3) is 3.34. The van der Waals surface area contributed by atoms with Crippen LogP contribution in [-0.2, 0) is 10.0 Å². The first-order valence-electron chi connectivity index (χ1n) is 5.86. The number of allylic oxidation sites excluding steroid dienone is 1. The van der Waals surface area contributed by atoms with Crippen LogP contribution in [0.4, 0.5) is 5.69 Å². The van der Waals surface area contributed by atoms with Gasteiger partial charge in [-0.2, -0.15) is 0 Å². The highest BCUT2D eigenvalue weighted by Crippen LogP contribution is 2.24. The van der Waals surface area contributed by atoms with Crippen LogP contribution in [-0.4, -0.2) is 15.0 Å². The second-order valence-corrected chi connectivity index (χ2v) is 5.89. The van der Waals surface area contributed by atoms with Crippen molar-refractivity contribution in [2.24, 2.45) is 0 Å². The minimum atomic E-state index is -3.53. The van der Waals surface area contributed by atoms with Gasteiger partial charge in [-0.3, -0.25) is 0 Å². The molecule has 4 nitrogen and oxygen atoms in total. The Morgan fingerprint density at radius 2 is 2.00 bits per heavy atom. The summed E-state index contributed by atoms with van der Waals surface area (Å²) >= 11 is 0. The van der Waals surface area contributed by atoms with Crippen molar-refractivity contribution in [2.75, 3.05) is 12.3 Å². The highest BCUT2D eigenvalue weighted by Gasteiger charge is 2.20. The molecule has 0 bridgehead atoms. The largest absolute Gasteiger partial charge is 0.398 e. The lowest BCUT2D eigenvalue weighted by Gasteiger charge is -2.13. The summed E-state index contributed by atoms with van der Waals surface area (Å²) in [6.45, 7) is 5.91. The highest BCUT2D eigenvalue weighted by atomic mass is 32.2. The van der Waals surface area contributed by atoms with Crippen LogP contribution in [0.2, 0.25) is 0 Å². The third-order valence-corrected chi connectivity index (χ3v) is 4.48. The summed E-state index contributed by atoms with van der Waals surface area (Å²) in [6.07, 6.45) is 4.47. The monoisotopic (exact) mass is 268 g/mol. The van der Waals surface area contributed by atoms with Gasteiger partial charge in [-0.15, -0.1) is 0 Å². The molecule has 18 heavy (non-hydrogen) atoms. The summed E-state index contributed by atoms with van der Waals surface area (Å²) in [7, 11) is -3.53. The average Bonchev–Trinajstić information content (AvgIpc) is 2.30. The topological polar surface area (TPSA) is 72.2 Å². The van der Waals surface area contributed by atoms with Crippen LogP contribution in [0.25, 0.3) is 0 Å². The highest BCUT2D eigenvalue weighted by molar-refractivity contribution is 7.89. The van der Waals surface area contributed by atoms with Crippen LogP contribution in [0.5, 0.6) is 0 Å². The zero-order valence-electron chi connectivity index (χ0n) is 11.0. The molecule has 0 spiro atoms. The van der Waals surface area contributed by atoms with Gasteiger partial charge < -0.3 is 5.73 Å². The lowest BCUT2D eigenvalue weighted by molar-refractivity contribution is 0.582. The van der Waals surface area contributed by atoms with Crippen LogP contribution in [0, 0.1) is 13.8 Å². The summed E-state index contributed by atoms with van der Waals surface area (Å²) in [5.41, 5.74) is 7.68. The van der Waals surface area contributed by atoms with Crippen molar-refractivity contribution in [3.05, 3.63) is 35.4 Å². The predicted molar refractivity (Wildman–Crippen MR) is 74.9 cm³/mol. The fourth-order valence-electron chi connectivity index (χ4n) is 1.68. The summed E-state index contributed by atoms with van der Waals surface area (Å²) in [4.78, 5) is 0.197. The zero-order chi connectivity index (χ0) is 13.8. The van der Waals surface area contributed by atoms with Gasteiger partial charge in [0.15, 0.2) is 0 Å². The Hall–Kier alpha value is -1.33. The molecule has 0 heterocycles. The van der Waals surface area contributed by atoms with Gasteiger partial charge in [0.05, 0.1) is 5.69 Å². The van der Waals surface area contributed by atoms with E-state index < -0.39 is 10.0 Å². The summed E-state index contributed by atoms with van der Waals surface area (Å²) in [5.74, 6) is 0. The molecule has 5 heteroatoms. The molecule has 0 saturated heterocycles.